The third-order valence-corrected chi connectivity index (χ3v) is 4.71. The molecule has 1 unspecified atom stereocenters. The van der Waals surface area contributed by atoms with Gasteiger partial charge in [0.25, 0.3) is 0 Å². The Labute approximate surface area is 151 Å². The van der Waals surface area contributed by atoms with Crippen LogP contribution in [0.5, 0.6) is 11.5 Å². The van der Waals surface area contributed by atoms with Crippen molar-refractivity contribution in [1.29, 1.82) is 0 Å². The van der Waals surface area contributed by atoms with Crippen LogP contribution in [0, 0.1) is 5.92 Å². The molecule has 1 N–H and O–H groups in total. The Morgan fingerprint density at radius 2 is 1.96 bits per heavy atom. The van der Waals surface area contributed by atoms with E-state index < -0.39 is 5.41 Å². The number of ether oxygens (including phenoxy) is 2. The van der Waals surface area contributed by atoms with E-state index in [9.17, 15) is 4.79 Å². The molecule has 1 aliphatic heterocycles. The van der Waals surface area contributed by atoms with Gasteiger partial charge >= 0.3 is 0 Å². The fraction of sp³-hybridized carbons (Fsp3) is 0.611. The average molecular weight is 357 g/mol. The van der Waals surface area contributed by atoms with Crippen LogP contribution in [0.2, 0.25) is 0 Å². The number of amides is 1. The second-order valence-corrected chi connectivity index (χ2v) is 6.66. The molecule has 1 aromatic rings. The fourth-order valence-corrected chi connectivity index (χ4v) is 3.22. The number of hydrogen-bond donors (Lipinski definition) is 1. The lowest BCUT2D eigenvalue weighted by Crippen LogP contribution is -2.42. The minimum Gasteiger partial charge on any atom is -0.493 e. The van der Waals surface area contributed by atoms with Gasteiger partial charge in [-0.05, 0) is 57.5 Å². The van der Waals surface area contributed by atoms with Gasteiger partial charge in [-0.2, -0.15) is 0 Å². The number of nitrogens with zero attached hydrogens (tertiary/aromatic N) is 1. The van der Waals surface area contributed by atoms with E-state index in [1.54, 1.807) is 14.2 Å². The molecule has 0 aliphatic carbocycles. The summed E-state index contributed by atoms with van der Waals surface area (Å²) in [6, 6.07) is 5.70. The van der Waals surface area contributed by atoms with E-state index in [1.165, 1.54) is 0 Å². The number of nitrogens with one attached hydrogen (secondary N) is 1. The van der Waals surface area contributed by atoms with Crippen molar-refractivity contribution in [1.82, 2.24) is 10.2 Å². The van der Waals surface area contributed by atoms with Gasteiger partial charge in [0.2, 0.25) is 5.91 Å². The number of methoxy groups -OCH3 is 2. The Morgan fingerprint density at radius 3 is 2.54 bits per heavy atom. The number of carbonyl (C=O) groups excluding carboxylic acids is 1. The molecule has 0 bridgehead atoms. The standard InChI is InChI=1S/C18H28N2O3.ClH/c1-18(2,14-6-7-15(22-4)16(10-14)23-5)17(21)20-9-8-13(12-20)11-19-3;/h6-7,10,13,19H,8-9,11-12H2,1-5H3;1H. The van der Waals surface area contributed by atoms with Crippen molar-refractivity contribution in [3.8, 4) is 11.5 Å². The molecule has 0 spiro atoms. The lowest BCUT2D eigenvalue weighted by molar-refractivity contribution is -0.135. The van der Waals surface area contributed by atoms with Crippen molar-refractivity contribution in [2.45, 2.75) is 25.7 Å². The van der Waals surface area contributed by atoms with E-state index in [0.29, 0.717) is 17.4 Å². The lowest BCUT2D eigenvalue weighted by atomic mass is 9.83. The van der Waals surface area contributed by atoms with Crippen LogP contribution in [0.1, 0.15) is 25.8 Å². The van der Waals surface area contributed by atoms with E-state index in [2.05, 4.69) is 5.32 Å². The molecule has 0 radical (unpaired) electrons. The number of halogens is 1. The number of likely N-dealkylation sites (tertiary alicyclic amines) is 1. The highest BCUT2D eigenvalue weighted by atomic mass is 35.5. The van der Waals surface area contributed by atoms with Gasteiger partial charge in [0.15, 0.2) is 11.5 Å². The average Bonchev–Trinajstić information content (AvgIpc) is 3.02. The zero-order chi connectivity index (χ0) is 17.0. The maximum absolute atomic E-state index is 13.0. The Hall–Kier alpha value is -1.46. The molecular formula is C18H29ClN2O3. The minimum atomic E-state index is -0.589. The predicted molar refractivity (Wildman–Crippen MR) is 98.4 cm³/mol. The first-order chi connectivity index (χ1) is 10.9. The van der Waals surface area contributed by atoms with E-state index in [1.807, 2.05) is 44.0 Å². The molecule has 1 fully saturated rings. The summed E-state index contributed by atoms with van der Waals surface area (Å²) in [5, 5.41) is 3.20. The zero-order valence-electron chi connectivity index (χ0n) is 15.2. The van der Waals surface area contributed by atoms with Gasteiger partial charge < -0.3 is 19.7 Å². The SMILES string of the molecule is CNCC1CCN(C(=O)C(C)(C)c2ccc(OC)c(OC)c2)C1.Cl. The van der Waals surface area contributed by atoms with Gasteiger partial charge in [-0.1, -0.05) is 6.07 Å². The Bertz CT molecular complexity index is 563. The van der Waals surface area contributed by atoms with E-state index >= 15 is 0 Å². The maximum Gasteiger partial charge on any atom is 0.232 e. The first kappa shape index (κ1) is 20.6. The van der Waals surface area contributed by atoms with E-state index in [0.717, 1.165) is 31.6 Å². The smallest absolute Gasteiger partial charge is 0.232 e. The normalized spacial score (nSPS) is 17.4. The summed E-state index contributed by atoms with van der Waals surface area (Å²) >= 11 is 0. The second-order valence-electron chi connectivity index (χ2n) is 6.66. The quantitative estimate of drug-likeness (QED) is 0.850. The zero-order valence-corrected chi connectivity index (χ0v) is 16.0. The topological polar surface area (TPSA) is 50.8 Å². The summed E-state index contributed by atoms with van der Waals surface area (Å²) in [6.45, 7) is 6.57. The van der Waals surface area contributed by atoms with Gasteiger partial charge in [-0.25, -0.2) is 0 Å². The molecule has 2 rings (SSSR count). The maximum atomic E-state index is 13.0. The summed E-state index contributed by atoms with van der Waals surface area (Å²) in [5.74, 6) is 2.04. The van der Waals surface area contributed by atoms with Crippen LogP contribution in [-0.2, 0) is 10.2 Å². The predicted octanol–water partition coefficient (Wildman–Crippen LogP) is 2.47. The third kappa shape index (κ3) is 4.14. The highest BCUT2D eigenvalue weighted by Gasteiger charge is 2.37. The summed E-state index contributed by atoms with van der Waals surface area (Å²) in [7, 11) is 5.18. The molecular weight excluding hydrogens is 328 g/mol. The number of benzene rings is 1. The monoisotopic (exact) mass is 356 g/mol. The second kappa shape index (κ2) is 8.58. The highest BCUT2D eigenvalue weighted by molar-refractivity contribution is 5.88. The number of rotatable bonds is 6. The fourth-order valence-electron chi connectivity index (χ4n) is 3.22. The van der Waals surface area contributed by atoms with Crippen LogP contribution in [0.25, 0.3) is 0 Å². The summed E-state index contributed by atoms with van der Waals surface area (Å²) in [5.41, 5.74) is 0.353. The molecule has 6 heteroatoms. The minimum absolute atomic E-state index is 0. The third-order valence-electron chi connectivity index (χ3n) is 4.71. The van der Waals surface area contributed by atoms with Gasteiger partial charge in [0, 0.05) is 13.1 Å². The van der Waals surface area contributed by atoms with Gasteiger partial charge in [0.1, 0.15) is 0 Å². The summed E-state index contributed by atoms with van der Waals surface area (Å²) in [4.78, 5) is 15.0. The number of carbonyl (C=O) groups is 1. The first-order valence-electron chi connectivity index (χ1n) is 8.10. The Balaban J connectivity index is 0.00000288. The van der Waals surface area contributed by atoms with Crippen LogP contribution in [0.15, 0.2) is 18.2 Å². The molecule has 0 saturated carbocycles. The van der Waals surface area contributed by atoms with Crippen molar-refractivity contribution in [3.63, 3.8) is 0 Å². The van der Waals surface area contributed by atoms with Gasteiger partial charge in [0.05, 0.1) is 19.6 Å². The van der Waals surface area contributed by atoms with Crippen molar-refractivity contribution < 1.29 is 14.3 Å². The molecule has 1 atom stereocenters. The van der Waals surface area contributed by atoms with Gasteiger partial charge in [-0.15, -0.1) is 12.4 Å². The molecule has 0 aromatic heterocycles. The van der Waals surface area contributed by atoms with E-state index in [-0.39, 0.29) is 18.3 Å². The van der Waals surface area contributed by atoms with Crippen molar-refractivity contribution in [3.05, 3.63) is 23.8 Å². The molecule has 1 saturated heterocycles. The molecule has 136 valence electrons. The van der Waals surface area contributed by atoms with Crippen molar-refractivity contribution in [2.75, 3.05) is 40.9 Å². The van der Waals surface area contributed by atoms with E-state index in [4.69, 9.17) is 9.47 Å². The first-order valence-corrected chi connectivity index (χ1v) is 8.10. The van der Waals surface area contributed by atoms with Crippen LogP contribution in [0.3, 0.4) is 0 Å². The molecule has 1 aliphatic rings. The van der Waals surface area contributed by atoms with Crippen LogP contribution in [-0.4, -0.2) is 51.7 Å². The Morgan fingerprint density at radius 1 is 1.29 bits per heavy atom. The molecule has 1 amide bonds. The van der Waals surface area contributed by atoms with Crippen LogP contribution in [0.4, 0.5) is 0 Å². The van der Waals surface area contributed by atoms with Crippen LogP contribution >= 0.6 is 12.4 Å². The highest BCUT2D eigenvalue weighted by Crippen LogP contribution is 2.35. The van der Waals surface area contributed by atoms with Gasteiger partial charge in [-0.3, -0.25) is 4.79 Å². The molecule has 24 heavy (non-hydrogen) atoms. The van der Waals surface area contributed by atoms with Crippen molar-refractivity contribution in [2.24, 2.45) is 5.92 Å². The molecule has 1 heterocycles. The largest absolute Gasteiger partial charge is 0.493 e. The molecule has 1 aromatic carbocycles. The molecule has 5 nitrogen and oxygen atoms in total. The van der Waals surface area contributed by atoms with Crippen molar-refractivity contribution >= 4 is 18.3 Å². The lowest BCUT2D eigenvalue weighted by Gasteiger charge is -2.30. The summed E-state index contributed by atoms with van der Waals surface area (Å²) in [6.07, 6.45) is 1.06. The van der Waals surface area contributed by atoms with Crippen LogP contribution < -0.4 is 14.8 Å². The Kier molecular flexibility index (Phi) is 7.36. The summed E-state index contributed by atoms with van der Waals surface area (Å²) < 4.78 is 10.6. The number of hydrogen-bond acceptors (Lipinski definition) is 4.